The highest BCUT2D eigenvalue weighted by Crippen LogP contribution is 2.30. The van der Waals surface area contributed by atoms with Crippen LogP contribution in [-0.2, 0) is 11.0 Å². The van der Waals surface area contributed by atoms with Gasteiger partial charge in [0.05, 0.1) is 5.56 Å². The Kier molecular flexibility index (Phi) is 6.21. The third-order valence-corrected chi connectivity index (χ3v) is 3.69. The molecule has 0 saturated heterocycles. The van der Waals surface area contributed by atoms with Crippen LogP contribution in [0.5, 0.6) is 0 Å². The molecule has 0 aromatic heterocycles. The predicted molar refractivity (Wildman–Crippen MR) is 98.1 cm³/mol. The second-order valence-corrected chi connectivity index (χ2v) is 6.02. The van der Waals surface area contributed by atoms with Crippen molar-refractivity contribution < 1.29 is 22.8 Å². The molecule has 2 aromatic rings. The molecule has 0 bridgehead atoms. The lowest BCUT2D eigenvalue weighted by atomic mass is 10.1. The normalized spacial score (nSPS) is 11.5. The van der Waals surface area contributed by atoms with E-state index in [1.807, 2.05) is 0 Å². The molecule has 5 nitrogen and oxygen atoms in total. The van der Waals surface area contributed by atoms with E-state index in [1.54, 1.807) is 20.2 Å². The van der Waals surface area contributed by atoms with Crippen LogP contribution >= 0.6 is 0 Å². The third-order valence-electron chi connectivity index (χ3n) is 3.69. The minimum absolute atomic E-state index is 0.0773. The summed E-state index contributed by atoms with van der Waals surface area (Å²) in [7, 11) is 3.21. The van der Waals surface area contributed by atoms with Gasteiger partial charge in [0.25, 0.3) is 11.8 Å². The van der Waals surface area contributed by atoms with Crippen molar-refractivity contribution in [3.05, 3.63) is 70.8 Å². The molecule has 8 heteroatoms. The van der Waals surface area contributed by atoms with E-state index in [9.17, 15) is 28.0 Å². The molecule has 2 amide bonds. The Balaban J connectivity index is 2.19. The highest BCUT2D eigenvalue weighted by molar-refractivity contribution is 6.09. The molecular formula is C20H16F3N3O2. The van der Waals surface area contributed by atoms with E-state index in [0.29, 0.717) is 11.3 Å². The average molecular weight is 387 g/mol. The van der Waals surface area contributed by atoms with Crippen LogP contribution in [0.25, 0.3) is 6.08 Å². The first-order chi connectivity index (χ1) is 13.1. The van der Waals surface area contributed by atoms with Crippen LogP contribution in [-0.4, -0.2) is 30.8 Å². The molecule has 2 aromatic carbocycles. The van der Waals surface area contributed by atoms with E-state index in [0.717, 1.165) is 18.2 Å². The van der Waals surface area contributed by atoms with Crippen molar-refractivity contribution in [2.24, 2.45) is 0 Å². The quantitative estimate of drug-likeness (QED) is 0.638. The van der Waals surface area contributed by atoms with Crippen molar-refractivity contribution in [2.45, 2.75) is 6.18 Å². The monoisotopic (exact) mass is 387 g/mol. The number of nitriles is 1. The Hall–Kier alpha value is -3.60. The lowest BCUT2D eigenvalue weighted by Gasteiger charge is -2.11. The van der Waals surface area contributed by atoms with E-state index in [-0.39, 0.29) is 17.0 Å². The first kappa shape index (κ1) is 20.7. The molecule has 0 fully saturated rings. The summed E-state index contributed by atoms with van der Waals surface area (Å²) < 4.78 is 38.3. The number of halogens is 3. The number of anilines is 1. The van der Waals surface area contributed by atoms with Gasteiger partial charge in [-0.25, -0.2) is 0 Å². The lowest BCUT2D eigenvalue weighted by Crippen LogP contribution is -2.21. The molecule has 0 aliphatic heterocycles. The first-order valence-electron chi connectivity index (χ1n) is 8.04. The van der Waals surface area contributed by atoms with Crippen LogP contribution < -0.4 is 5.32 Å². The standard InChI is InChI=1S/C20H16F3N3O2/c1-26(2)19(28)14-6-8-17(9-7-14)25-18(27)15(12-24)10-13-4-3-5-16(11-13)20(21,22)23/h3-11H,1-2H3,(H,25,27)/b15-10+. The van der Waals surface area contributed by atoms with E-state index in [2.05, 4.69) is 5.32 Å². The predicted octanol–water partition coefficient (Wildman–Crippen LogP) is 3.95. The largest absolute Gasteiger partial charge is 0.416 e. The van der Waals surface area contributed by atoms with E-state index in [1.165, 1.54) is 41.3 Å². The Morgan fingerprint density at radius 2 is 1.75 bits per heavy atom. The Morgan fingerprint density at radius 3 is 2.29 bits per heavy atom. The fraction of sp³-hybridized carbons (Fsp3) is 0.150. The van der Waals surface area contributed by atoms with E-state index < -0.39 is 17.6 Å². The molecule has 28 heavy (non-hydrogen) atoms. The maximum Gasteiger partial charge on any atom is 0.416 e. The van der Waals surface area contributed by atoms with Gasteiger partial charge in [0.1, 0.15) is 11.6 Å². The molecule has 0 heterocycles. The third kappa shape index (κ3) is 5.20. The number of nitrogens with one attached hydrogen (secondary N) is 1. The molecule has 0 spiro atoms. The van der Waals surface area contributed by atoms with Crippen LogP contribution in [0.2, 0.25) is 0 Å². The minimum atomic E-state index is -4.52. The van der Waals surface area contributed by atoms with Crippen LogP contribution in [0.15, 0.2) is 54.1 Å². The van der Waals surface area contributed by atoms with Gasteiger partial charge in [0, 0.05) is 25.3 Å². The smallest absolute Gasteiger partial charge is 0.345 e. The van der Waals surface area contributed by atoms with Crippen LogP contribution in [0.1, 0.15) is 21.5 Å². The zero-order valence-corrected chi connectivity index (χ0v) is 15.0. The summed E-state index contributed by atoms with van der Waals surface area (Å²) in [5, 5.41) is 11.7. The van der Waals surface area contributed by atoms with Gasteiger partial charge in [0.2, 0.25) is 0 Å². The number of rotatable bonds is 4. The van der Waals surface area contributed by atoms with Crippen LogP contribution in [0.3, 0.4) is 0 Å². The Labute approximate surface area is 159 Å². The van der Waals surface area contributed by atoms with Crippen molar-refractivity contribution in [1.82, 2.24) is 4.90 Å². The summed E-state index contributed by atoms with van der Waals surface area (Å²) in [6.45, 7) is 0. The van der Waals surface area contributed by atoms with Crippen molar-refractivity contribution >= 4 is 23.6 Å². The number of hydrogen-bond donors (Lipinski definition) is 1. The van der Waals surface area contributed by atoms with Gasteiger partial charge in [-0.3, -0.25) is 9.59 Å². The van der Waals surface area contributed by atoms with Gasteiger partial charge < -0.3 is 10.2 Å². The zero-order valence-electron chi connectivity index (χ0n) is 15.0. The van der Waals surface area contributed by atoms with Crippen LogP contribution in [0.4, 0.5) is 18.9 Å². The number of amides is 2. The summed E-state index contributed by atoms with van der Waals surface area (Å²) in [5.41, 5.74) is -0.394. The SMILES string of the molecule is CN(C)C(=O)c1ccc(NC(=O)/C(C#N)=C/c2cccc(C(F)(F)F)c2)cc1. The van der Waals surface area contributed by atoms with Gasteiger partial charge in [-0.15, -0.1) is 0 Å². The molecule has 0 aliphatic rings. The topological polar surface area (TPSA) is 73.2 Å². The number of hydrogen-bond acceptors (Lipinski definition) is 3. The molecule has 0 saturated carbocycles. The first-order valence-corrected chi connectivity index (χ1v) is 8.04. The molecular weight excluding hydrogens is 371 g/mol. The second-order valence-electron chi connectivity index (χ2n) is 6.02. The molecule has 0 unspecified atom stereocenters. The van der Waals surface area contributed by atoms with Gasteiger partial charge in [-0.1, -0.05) is 12.1 Å². The van der Waals surface area contributed by atoms with Crippen molar-refractivity contribution in [3.8, 4) is 6.07 Å². The zero-order chi connectivity index (χ0) is 20.9. The Morgan fingerprint density at radius 1 is 1.11 bits per heavy atom. The fourth-order valence-electron chi connectivity index (χ4n) is 2.27. The molecule has 144 valence electrons. The lowest BCUT2D eigenvalue weighted by molar-refractivity contribution is -0.137. The van der Waals surface area contributed by atoms with Crippen LogP contribution in [0, 0.1) is 11.3 Å². The maximum absolute atomic E-state index is 12.8. The van der Waals surface area contributed by atoms with Gasteiger partial charge in [-0.2, -0.15) is 18.4 Å². The highest BCUT2D eigenvalue weighted by atomic mass is 19.4. The van der Waals surface area contributed by atoms with Crippen molar-refractivity contribution in [3.63, 3.8) is 0 Å². The average Bonchev–Trinajstić information content (AvgIpc) is 2.65. The molecule has 0 radical (unpaired) electrons. The number of nitrogens with zero attached hydrogens (tertiary/aromatic N) is 2. The molecule has 0 atom stereocenters. The summed E-state index contributed by atoms with van der Waals surface area (Å²) >= 11 is 0. The molecule has 0 aliphatic carbocycles. The molecule has 2 rings (SSSR count). The number of carbonyl (C=O) groups excluding carboxylic acids is 2. The summed E-state index contributed by atoms with van der Waals surface area (Å²) in [6, 6.07) is 12.0. The van der Waals surface area contributed by atoms with E-state index in [4.69, 9.17) is 0 Å². The highest BCUT2D eigenvalue weighted by Gasteiger charge is 2.30. The van der Waals surface area contributed by atoms with Gasteiger partial charge in [-0.05, 0) is 48.0 Å². The number of benzene rings is 2. The summed E-state index contributed by atoms with van der Waals surface area (Å²) in [6.07, 6.45) is -3.45. The van der Waals surface area contributed by atoms with Crippen molar-refractivity contribution in [2.75, 3.05) is 19.4 Å². The fourth-order valence-corrected chi connectivity index (χ4v) is 2.27. The number of carbonyl (C=O) groups is 2. The van der Waals surface area contributed by atoms with Gasteiger partial charge in [0.15, 0.2) is 0 Å². The molecule has 1 N–H and O–H groups in total. The number of alkyl halides is 3. The van der Waals surface area contributed by atoms with Crippen molar-refractivity contribution in [1.29, 1.82) is 5.26 Å². The minimum Gasteiger partial charge on any atom is -0.345 e. The Bertz CT molecular complexity index is 956. The van der Waals surface area contributed by atoms with E-state index >= 15 is 0 Å². The summed E-state index contributed by atoms with van der Waals surface area (Å²) in [5.74, 6) is -0.980. The van der Waals surface area contributed by atoms with Gasteiger partial charge >= 0.3 is 6.18 Å². The summed E-state index contributed by atoms with van der Waals surface area (Å²) in [4.78, 5) is 25.5. The second kappa shape index (κ2) is 8.39. The maximum atomic E-state index is 12.8.